The Balaban J connectivity index is 4.70. The number of aliphatic carboxylic acids is 2. The predicted octanol–water partition coefficient (Wildman–Crippen LogP) is -5.42. The number of carboxylic acid groups (broad SMARTS) is 2. The number of hydrogen-bond donors (Lipinski definition) is 4. The maximum atomic E-state index is 12.1. The Kier molecular flexibility index (Phi) is 14.5. The summed E-state index contributed by atoms with van der Waals surface area (Å²) >= 11 is 0. The van der Waals surface area contributed by atoms with Gasteiger partial charge in [0.1, 0.15) is 26.2 Å². The highest BCUT2D eigenvalue weighted by atomic mass is 16.4. The summed E-state index contributed by atoms with van der Waals surface area (Å²) in [5, 5.41) is 27.6. The number of amides is 2. The minimum absolute atomic E-state index is 0.0642. The molecule has 174 valence electrons. The third-order valence-electron chi connectivity index (χ3n) is 4.53. The van der Waals surface area contributed by atoms with Crippen molar-refractivity contribution < 1.29 is 39.2 Å². The quantitative estimate of drug-likeness (QED) is 0.181. The second-order valence-electron chi connectivity index (χ2n) is 8.52. The first-order valence-corrected chi connectivity index (χ1v) is 10.6. The fourth-order valence-corrected chi connectivity index (χ4v) is 2.82. The van der Waals surface area contributed by atoms with Crippen LogP contribution in [0.2, 0.25) is 0 Å². The lowest BCUT2D eigenvalue weighted by Crippen LogP contribution is -3.22. The Morgan fingerprint density at radius 2 is 1.00 bits per heavy atom. The van der Waals surface area contributed by atoms with Gasteiger partial charge in [-0.15, -0.1) is 0 Å². The molecule has 2 atom stereocenters. The van der Waals surface area contributed by atoms with E-state index in [1.165, 1.54) is 0 Å². The van der Waals surface area contributed by atoms with Crippen molar-refractivity contribution in [2.75, 3.05) is 52.4 Å². The lowest BCUT2D eigenvalue weighted by molar-refractivity contribution is -0.944. The molecule has 4 N–H and O–H groups in total. The topological polar surface area (TPSA) is 147 Å². The Labute approximate surface area is 179 Å². The van der Waals surface area contributed by atoms with E-state index in [0.29, 0.717) is 34.7 Å². The lowest BCUT2D eigenvalue weighted by atomic mass is 10.1. The second-order valence-corrected chi connectivity index (χ2v) is 8.52. The standard InChI is InChI=1S/C20H38N4O6/c1-15(2)5-7-21-17(25)11-23(13-19(27)28)9-10-24(14-20(29)30)12-18(26)22-8-6-16(3)4/h15-16H,5-14H2,1-4H3,(H,21,25)(H,22,26)(H,27,28)(H,29,30). The predicted molar refractivity (Wildman–Crippen MR) is 106 cm³/mol. The van der Waals surface area contributed by atoms with Gasteiger partial charge < -0.3 is 40.2 Å². The van der Waals surface area contributed by atoms with E-state index < -0.39 is 11.9 Å². The number of nitrogens with one attached hydrogen (secondary N) is 4. The molecule has 2 unspecified atom stereocenters. The van der Waals surface area contributed by atoms with Crippen LogP contribution in [0.4, 0.5) is 0 Å². The van der Waals surface area contributed by atoms with Crippen LogP contribution in [-0.2, 0) is 19.2 Å². The molecule has 0 aromatic carbocycles. The molecule has 0 saturated carbocycles. The zero-order chi connectivity index (χ0) is 23.1. The monoisotopic (exact) mass is 430 g/mol. The fraction of sp³-hybridized carbons (Fsp3) is 0.800. The van der Waals surface area contributed by atoms with E-state index in [-0.39, 0.29) is 51.1 Å². The van der Waals surface area contributed by atoms with Gasteiger partial charge in [-0.25, -0.2) is 0 Å². The number of carbonyl (C=O) groups is 4. The first-order valence-electron chi connectivity index (χ1n) is 10.6. The highest BCUT2D eigenvalue weighted by Gasteiger charge is 2.20. The largest absolute Gasteiger partial charge is 0.544 e. The fourth-order valence-electron chi connectivity index (χ4n) is 2.82. The van der Waals surface area contributed by atoms with Gasteiger partial charge in [-0.2, -0.15) is 0 Å². The van der Waals surface area contributed by atoms with Gasteiger partial charge in [-0.05, 0) is 24.7 Å². The molecule has 0 aromatic heterocycles. The summed E-state index contributed by atoms with van der Waals surface area (Å²) in [5.41, 5.74) is 0. The zero-order valence-corrected chi connectivity index (χ0v) is 18.7. The van der Waals surface area contributed by atoms with Crippen molar-refractivity contribution in [1.29, 1.82) is 0 Å². The van der Waals surface area contributed by atoms with E-state index in [4.69, 9.17) is 0 Å². The molecule has 10 heteroatoms. The molecule has 0 radical (unpaired) electrons. The van der Waals surface area contributed by atoms with E-state index in [1.54, 1.807) is 0 Å². The third-order valence-corrected chi connectivity index (χ3v) is 4.53. The van der Waals surface area contributed by atoms with Gasteiger partial charge in [0.05, 0.1) is 11.9 Å². The van der Waals surface area contributed by atoms with Crippen molar-refractivity contribution in [1.82, 2.24) is 10.6 Å². The Hall–Kier alpha value is -2.20. The van der Waals surface area contributed by atoms with E-state index in [1.807, 2.05) is 27.7 Å². The van der Waals surface area contributed by atoms with E-state index in [2.05, 4.69) is 10.6 Å². The van der Waals surface area contributed by atoms with Crippen LogP contribution in [0.5, 0.6) is 0 Å². The van der Waals surface area contributed by atoms with Gasteiger partial charge in [-0.3, -0.25) is 9.59 Å². The second kappa shape index (κ2) is 15.6. The van der Waals surface area contributed by atoms with Crippen molar-refractivity contribution in [3.63, 3.8) is 0 Å². The number of carboxylic acids is 2. The minimum Gasteiger partial charge on any atom is -0.544 e. The van der Waals surface area contributed by atoms with E-state index >= 15 is 0 Å². The molecule has 10 nitrogen and oxygen atoms in total. The van der Waals surface area contributed by atoms with Crippen molar-refractivity contribution >= 4 is 23.8 Å². The molecule has 0 bridgehead atoms. The SMILES string of the molecule is CC(C)CCNC(=O)C[NH+](CC[NH+](CC(=O)[O-])CC(=O)NCCC(C)C)CC(=O)[O-]. The molecule has 0 saturated heterocycles. The Bertz CT molecular complexity index is 505. The number of rotatable bonds is 17. The summed E-state index contributed by atoms with van der Waals surface area (Å²) in [6.07, 6.45) is 1.63. The molecule has 0 spiro atoms. The normalized spacial score (nSPS) is 13.1. The van der Waals surface area contributed by atoms with Crippen molar-refractivity contribution in [2.45, 2.75) is 40.5 Å². The zero-order valence-electron chi connectivity index (χ0n) is 18.7. The van der Waals surface area contributed by atoms with Crippen molar-refractivity contribution in [2.24, 2.45) is 11.8 Å². The summed E-state index contributed by atoms with van der Waals surface area (Å²) in [6, 6.07) is 0. The molecule has 0 aliphatic carbocycles. The molecule has 2 amide bonds. The average molecular weight is 431 g/mol. The third kappa shape index (κ3) is 16.7. The van der Waals surface area contributed by atoms with E-state index in [9.17, 15) is 29.4 Å². The van der Waals surface area contributed by atoms with Gasteiger partial charge in [0.2, 0.25) is 0 Å². The molecular weight excluding hydrogens is 392 g/mol. The van der Waals surface area contributed by atoms with Crippen LogP contribution < -0.4 is 30.6 Å². The molecular formula is C20H38N4O6. The van der Waals surface area contributed by atoms with Crippen LogP contribution in [0.1, 0.15) is 40.5 Å². The summed E-state index contributed by atoms with van der Waals surface area (Å²) in [6.45, 7) is 8.67. The van der Waals surface area contributed by atoms with Gasteiger partial charge in [-0.1, -0.05) is 27.7 Å². The minimum atomic E-state index is -1.30. The van der Waals surface area contributed by atoms with Gasteiger partial charge in [0.15, 0.2) is 13.1 Å². The summed E-state index contributed by atoms with van der Waals surface area (Å²) < 4.78 is 0. The average Bonchev–Trinajstić information content (AvgIpc) is 2.57. The van der Waals surface area contributed by atoms with Crippen LogP contribution in [0.15, 0.2) is 0 Å². The van der Waals surface area contributed by atoms with Crippen LogP contribution >= 0.6 is 0 Å². The van der Waals surface area contributed by atoms with E-state index in [0.717, 1.165) is 12.8 Å². The van der Waals surface area contributed by atoms with Crippen LogP contribution in [0.25, 0.3) is 0 Å². The highest BCUT2D eigenvalue weighted by Crippen LogP contribution is 1.96. The molecule has 0 aliphatic rings. The number of hydrogen-bond acceptors (Lipinski definition) is 6. The smallest absolute Gasteiger partial charge is 0.275 e. The van der Waals surface area contributed by atoms with Crippen molar-refractivity contribution in [3.8, 4) is 0 Å². The van der Waals surface area contributed by atoms with Crippen LogP contribution in [-0.4, -0.2) is 76.1 Å². The van der Waals surface area contributed by atoms with Crippen molar-refractivity contribution in [3.05, 3.63) is 0 Å². The summed E-state index contributed by atoms with van der Waals surface area (Å²) in [4.78, 5) is 47.1. The molecule has 30 heavy (non-hydrogen) atoms. The molecule has 0 fully saturated rings. The first-order chi connectivity index (χ1) is 14.0. The summed E-state index contributed by atoms with van der Waals surface area (Å²) in [7, 11) is 0. The number of carbonyl (C=O) groups excluding carboxylic acids is 4. The molecule has 0 aromatic rings. The maximum Gasteiger partial charge on any atom is 0.275 e. The molecule has 0 heterocycles. The molecule has 0 aliphatic heterocycles. The maximum absolute atomic E-state index is 12.1. The van der Waals surface area contributed by atoms with Gasteiger partial charge >= 0.3 is 0 Å². The first kappa shape index (κ1) is 27.8. The van der Waals surface area contributed by atoms with Crippen LogP contribution in [0.3, 0.4) is 0 Å². The van der Waals surface area contributed by atoms with Gasteiger partial charge in [0.25, 0.3) is 11.8 Å². The van der Waals surface area contributed by atoms with Gasteiger partial charge in [0, 0.05) is 13.1 Å². The summed E-state index contributed by atoms with van der Waals surface area (Å²) in [5.74, 6) is -2.28. The Morgan fingerprint density at radius 3 is 1.27 bits per heavy atom. The molecule has 0 rings (SSSR count). The number of quaternary nitrogens is 2. The van der Waals surface area contributed by atoms with Crippen LogP contribution in [0, 0.1) is 11.8 Å². The highest BCUT2D eigenvalue weighted by molar-refractivity contribution is 5.77. The Morgan fingerprint density at radius 1 is 0.667 bits per heavy atom. The lowest BCUT2D eigenvalue weighted by Gasteiger charge is -2.24.